The smallest absolute Gasteiger partial charge is 0.726 e. The number of hydrogen-bond donors (Lipinski definition) is 1. The number of carbonyl (C=O) groups excluding carboxylic acids is 1. The van der Waals surface area contributed by atoms with Crippen LogP contribution in [0.2, 0.25) is 0 Å². The first-order valence-electron chi connectivity index (χ1n) is 2.07. The van der Waals surface area contributed by atoms with E-state index >= 15 is 0 Å². The second kappa shape index (κ2) is 8.44. The molecule has 0 saturated carbocycles. The minimum Gasteiger partial charge on any atom is -0.726 e. The summed E-state index contributed by atoms with van der Waals surface area (Å²) in [4.78, 5) is 10.9. The van der Waals surface area contributed by atoms with Crippen LogP contribution in [-0.4, -0.2) is 42.9 Å². The van der Waals surface area contributed by atoms with Gasteiger partial charge in [0, 0.05) is 14.1 Å². The summed E-state index contributed by atoms with van der Waals surface area (Å²) in [5, 5.41) is 0. The number of nitrogens with zero attached hydrogens (tertiary/aromatic N) is 1. The van der Waals surface area contributed by atoms with Gasteiger partial charge < -0.3 is 9.45 Å². The summed E-state index contributed by atoms with van der Waals surface area (Å²) in [6.07, 6.45) is 0.750. The molecule has 0 saturated heterocycles. The van der Waals surface area contributed by atoms with E-state index in [0.29, 0.717) is 0 Å². The number of carbonyl (C=O) groups is 1. The van der Waals surface area contributed by atoms with Crippen molar-refractivity contribution in [3.8, 4) is 0 Å². The molecule has 0 rings (SSSR count). The molecule has 0 aromatic heterocycles. The number of amides is 1. The van der Waals surface area contributed by atoms with Crippen LogP contribution in [0.3, 0.4) is 0 Å². The van der Waals surface area contributed by atoms with Gasteiger partial charge in [0.1, 0.15) is 0 Å². The van der Waals surface area contributed by atoms with Gasteiger partial charge in [-0.25, -0.2) is 8.42 Å². The Morgan fingerprint density at radius 2 is 1.55 bits per heavy atom. The summed E-state index contributed by atoms with van der Waals surface area (Å²) in [7, 11) is -1.54. The third-order valence-corrected chi connectivity index (χ3v) is 0.211. The molecule has 0 radical (unpaired) electrons. The standard InChI is InChI=1S/C3H7NO.Na.H2O4S/c1-4(2)3-5;;1-5(2,3)4/h3H,1-2H3;;(H2,1,2,3,4)/q;+1;/p-1. The molecule has 1 amide bonds. The van der Waals surface area contributed by atoms with Crippen LogP contribution < -0.4 is 29.6 Å². The minimum absolute atomic E-state index is 0. The molecule has 11 heavy (non-hydrogen) atoms. The van der Waals surface area contributed by atoms with Gasteiger partial charge in [-0.3, -0.25) is 9.35 Å². The molecule has 1 N–H and O–H groups in total. The second-order valence-electron chi connectivity index (χ2n) is 1.50. The fraction of sp³-hybridized carbons (Fsp3) is 0.667. The van der Waals surface area contributed by atoms with E-state index in [9.17, 15) is 4.79 Å². The predicted octanol–water partition coefficient (Wildman–Crippen LogP) is -4.29. The van der Waals surface area contributed by atoms with Gasteiger partial charge in [0.15, 0.2) is 0 Å². The average molecular weight is 193 g/mol. The van der Waals surface area contributed by atoms with Gasteiger partial charge in [-0.2, -0.15) is 0 Å². The first-order chi connectivity index (χ1) is 4.27. The SMILES string of the molecule is CN(C)C=O.O=S(=O)([O-])O.[Na+]. The fourth-order valence-corrected chi connectivity index (χ4v) is 0. The molecule has 0 bridgehead atoms. The average Bonchev–Trinajstić information content (AvgIpc) is 1.61. The maximum Gasteiger partial charge on any atom is 1.00 e. The van der Waals surface area contributed by atoms with E-state index < -0.39 is 10.4 Å². The summed E-state index contributed by atoms with van der Waals surface area (Å²) in [5.41, 5.74) is 0. The predicted molar refractivity (Wildman–Crippen MR) is 32.1 cm³/mol. The van der Waals surface area contributed by atoms with Crippen LogP contribution in [0.25, 0.3) is 0 Å². The van der Waals surface area contributed by atoms with Crippen molar-refractivity contribution in [3.05, 3.63) is 0 Å². The van der Waals surface area contributed by atoms with Crippen molar-refractivity contribution in [3.63, 3.8) is 0 Å². The van der Waals surface area contributed by atoms with Gasteiger partial charge >= 0.3 is 29.6 Å². The van der Waals surface area contributed by atoms with Crippen molar-refractivity contribution in [1.82, 2.24) is 4.90 Å². The Labute approximate surface area is 87.4 Å². The molecule has 0 spiro atoms. The van der Waals surface area contributed by atoms with E-state index in [4.69, 9.17) is 17.5 Å². The van der Waals surface area contributed by atoms with Crippen molar-refractivity contribution in [2.75, 3.05) is 14.1 Å². The van der Waals surface area contributed by atoms with Crippen LogP contribution in [0.15, 0.2) is 0 Å². The quantitative estimate of drug-likeness (QED) is 0.197. The van der Waals surface area contributed by atoms with Crippen molar-refractivity contribution >= 4 is 16.8 Å². The van der Waals surface area contributed by atoms with Crippen LogP contribution in [0, 0.1) is 0 Å². The van der Waals surface area contributed by atoms with Gasteiger partial charge in [-0.05, 0) is 0 Å². The Morgan fingerprint density at radius 1 is 1.45 bits per heavy atom. The first kappa shape index (κ1) is 17.4. The molecule has 0 aliphatic heterocycles. The number of rotatable bonds is 1. The van der Waals surface area contributed by atoms with Crippen molar-refractivity contribution < 1.29 is 51.9 Å². The molecule has 0 unspecified atom stereocenters. The third kappa shape index (κ3) is 131. The van der Waals surface area contributed by atoms with E-state index in [2.05, 4.69) is 0 Å². The van der Waals surface area contributed by atoms with Gasteiger partial charge in [-0.15, -0.1) is 0 Å². The molecule has 0 aromatic carbocycles. The zero-order valence-electron chi connectivity index (χ0n) is 6.51. The Morgan fingerprint density at radius 3 is 1.55 bits per heavy atom. The maximum absolute atomic E-state index is 9.43. The largest absolute Gasteiger partial charge is 1.00 e. The molecule has 6 nitrogen and oxygen atoms in total. The van der Waals surface area contributed by atoms with Gasteiger partial charge in [0.25, 0.3) is 0 Å². The summed E-state index contributed by atoms with van der Waals surface area (Å²) >= 11 is 0. The molecule has 0 aliphatic carbocycles. The Bertz CT molecular complexity index is 168. The second-order valence-corrected chi connectivity index (χ2v) is 2.35. The van der Waals surface area contributed by atoms with E-state index in [0.717, 1.165) is 6.41 Å². The minimum atomic E-state index is -4.92. The van der Waals surface area contributed by atoms with Crippen molar-refractivity contribution in [2.45, 2.75) is 0 Å². The molecule has 0 heterocycles. The topological polar surface area (TPSA) is 97.7 Å². The normalized spacial score (nSPS) is 8.36. The van der Waals surface area contributed by atoms with Crippen LogP contribution >= 0.6 is 0 Å². The molecule has 0 atom stereocenters. The molecule has 0 aromatic rings. The zero-order chi connectivity index (χ0) is 8.78. The third-order valence-electron chi connectivity index (χ3n) is 0.211. The van der Waals surface area contributed by atoms with Gasteiger partial charge in [0.2, 0.25) is 16.8 Å². The molecular formula is C3H8NNaO5S. The van der Waals surface area contributed by atoms with Gasteiger partial charge in [-0.1, -0.05) is 0 Å². The van der Waals surface area contributed by atoms with Crippen molar-refractivity contribution in [2.24, 2.45) is 0 Å². The number of hydrogen-bond acceptors (Lipinski definition) is 4. The van der Waals surface area contributed by atoms with Crippen LogP contribution in [0.1, 0.15) is 0 Å². The van der Waals surface area contributed by atoms with Crippen LogP contribution in [0.5, 0.6) is 0 Å². The summed E-state index contributed by atoms with van der Waals surface area (Å²) in [6, 6.07) is 0. The van der Waals surface area contributed by atoms with E-state index in [1.54, 1.807) is 14.1 Å². The summed E-state index contributed by atoms with van der Waals surface area (Å²) in [5.74, 6) is 0. The van der Waals surface area contributed by atoms with Crippen LogP contribution in [-0.2, 0) is 15.2 Å². The Balaban J connectivity index is -0.000000107. The molecular weight excluding hydrogens is 185 g/mol. The molecule has 0 fully saturated rings. The molecule has 62 valence electrons. The summed E-state index contributed by atoms with van der Waals surface area (Å²) in [6.45, 7) is 0. The monoisotopic (exact) mass is 193 g/mol. The first-order valence-corrected chi connectivity index (χ1v) is 3.44. The van der Waals surface area contributed by atoms with E-state index in [1.807, 2.05) is 0 Å². The van der Waals surface area contributed by atoms with Gasteiger partial charge in [0.05, 0.1) is 0 Å². The van der Waals surface area contributed by atoms with Crippen molar-refractivity contribution in [1.29, 1.82) is 0 Å². The Hall–Kier alpha value is 0.340. The molecule has 8 heteroatoms. The summed E-state index contributed by atoms with van der Waals surface area (Å²) < 4.78 is 32.8. The van der Waals surface area contributed by atoms with Crippen LogP contribution in [0.4, 0.5) is 0 Å². The molecule has 0 aliphatic rings. The zero-order valence-corrected chi connectivity index (χ0v) is 9.33. The van der Waals surface area contributed by atoms with E-state index in [-0.39, 0.29) is 29.6 Å². The fourth-order valence-electron chi connectivity index (χ4n) is 0. The Kier molecular flexibility index (Phi) is 13.4. The maximum atomic E-state index is 9.43. The van der Waals surface area contributed by atoms with E-state index in [1.165, 1.54) is 4.90 Å².